The van der Waals surface area contributed by atoms with Gasteiger partial charge in [0.05, 0.1) is 6.42 Å². The molecule has 0 spiro atoms. The summed E-state index contributed by atoms with van der Waals surface area (Å²) in [5.74, 6) is 0.702. The van der Waals surface area contributed by atoms with Crippen LogP contribution in [0.25, 0.3) is 0 Å². The number of nitrogens with zero attached hydrogens (tertiary/aromatic N) is 3. The van der Waals surface area contributed by atoms with Crippen LogP contribution in [0, 0.1) is 0 Å². The lowest BCUT2D eigenvalue weighted by atomic mass is 10.1. The molecule has 100 valence electrons. The van der Waals surface area contributed by atoms with Crippen molar-refractivity contribution in [2.75, 3.05) is 12.3 Å². The normalized spacial score (nSPS) is 10.4. The van der Waals surface area contributed by atoms with Crippen LogP contribution in [0.5, 0.6) is 0 Å². The SMILES string of the molecule is Cn1cnc(CCNC(=O)Cc2cccc(N)c2)n1. The van der Waals surface area contributed by atoms with E-state index in [0.717, 1.165) is 11.4 Å². The summed E-state index contributed by atoms with van der Waals surface area (Å²) in [5.41, 5.74) is 7.24. The molecule has 1 aromatic carbocycles. The van der Waals surface area contributed by atoms with E-state index in [2.05, 4.69) is 15.4 Å². The zero-order valence-electron chi connectivity index (χ0n) is 10.8. The van der Waals surface area contributed by atoms with Gasteiger partial charge in [0.2, 0.25) is 5.91 Å². The van der Waals surface area contributed by atoms with Crippen molar-refractivity contribution < 1.29 is 4.79 Å². The molecule has 0 fully saturated rings. The molecule has 1 amide bonds. The number of aryl methyl sites for hydroxylation is 1. The predicted octanol–water partition coefficient (Wildman–Crippen LogP) is 0.299. The Bertz CT molecular complexity index is 564. The van der Waals surface area contributed by atoms with Crippen LogP contribution in [0.2, 0.25) is 0 Å². The first-order valence-corrected chi connectivity index (χ1v) is 6.09. The van der Waals surface area contributed by atoms with E-state index in [4.69, 9.17) is 5.73 Å². The van der Waals surface area contributed by atoms with E-state index in [0.29, 0.717) is 25.1 Å². The lowest BCUT2D eigenvalue weighted by molar-refractivity contribution is -0.120. The Morgan fingerprint density at radius 1 is 1.47 bits per heavy atom. The van der Waals surface area contributed by atoms with E-state index in [9.17, 15) is 4.79 Å². The van der Waals surface area contributed by atoms with Crippen molar-refractivity contribution in [2.45, 2.75) is 12.8 Å². The third kappa shape index (κ3) is 4.09. The highest BCUT2D eigenvalue weighted by molar-refractivity contribution is 5.78. The Balaban J connectivity index is 1.76. The number of rotatable bonds is 5. The fourth-order valence-corrected chi connectivity index (χ4v) is 1.76. The zero-order chi connectivity index (χ0) is 13.7. The summed E-state index contributed by atoms with van der Waals surface area (Å²) >= 11 is 0. The van der Waals surface area contributed by atoms with Gasteiger partial charge < -0.3 is 11.1 Å². The van der Waals surface area contributed by atoms with Crippen LogP contribution in [0.4, 0.5) is 5.69 Å². The van der Waals surface area contributed by atoms with Gasteiger partial charge in [-0.05, 0) is 17.7 Å². The first kappa shape index (κ1) is 13.1. The van der Waals surface area contributed by atoms with Crippen LogP contribution in [0.1, 0.15) is 11.4 Å². The summed E-state index contributed by atoms with van der Waals surface area (Å²) in [6, 6.07) is 7.33. The molecule has 0 unspecified atom stereocenters. The van der Waals surface area contributed by atoms with E-state index in [-0.39, 0.29) is 5.91 Å². The minimum atomic E-state index is -0.0264. The van der Waals surface area contributed by atoms with E-state index in [1.165, 1.54) is 0 Å². The van der Waals surface area contributed by atoms with Crippen LogP contribution >= 0.6 is 0 Å². The van der Waals surface area contributed by atoms with Crippen molar-refractivity contribution in [2.24, 2.45) is 7.05 Å². The van der Waals surface area contributed by atoms with Crippen LogP contribution < -0.4 is 11.1 Å². The first-order valence-electron chi connectivity index (χ1n) is 6.09. The molecule has 6 heteroatoms. The number of benzene rings is 1. The molecule has 2 aromatic rings. The number of carbonyl (C=O) groups excluding carboxylic acids is 1. The number of carbonyl (C=O) groups is 1. The molecule has 19 heavy (non-hydrogen) atoms. The highest BCUT2D eigenvalue weighted by Gasteiger charge is 2.04. The quantitative estimate of drug-likeness (QED) is 0.756. The molecule has 2 rings (SSSR count). The monoisotopic (exact) mass is 259 g/mol. The van der Waals surface area contributed by atoms with Gasteiger partial charge in [-0.25, -0.2) is 4.98 Å². The van der Waals surface area contributed by atoms with Crippen molar-refractivity contribution in [3.8, 4) is 0 Å². The third-order valence-corrected chi connectivity index (χ3v) is 2.63. The van der Waals surface area contributed by atoms with Gasteiger partial charge in [-0.2, -0.15) is 5.10 Å². The number of nitrogens with one attached hydrogen (secondary N) is 1. The van der Waals surface area contributed by atoms with E-state index in [1.54, 1.807) is 23.1 Å². The van der Waals surface area contributed by atoms with Crippen LogP contribution in [-0.4, -0.2) is 27.2 Å². The molecule has 1 aromatic heterocycles. The molecule has 3 N–H and O–H groups in total. The molecule has 6 nitrogen and oxygen atoms in total. The Kier molecular flexibility index (Phi) is 4.12. The number of nitrogen functional groups attached to an aromatic ring is 1. The fraction of sp³-hybridized carbons (Fsp3) is 0.308. The summed E-state index contributed by atoms with van der Waals surface area (Å²) in [4.78, 5) is 15.8. The first-order chi connectivity index (χ1) is 9.13. The summed E-state index contributed by atoms with van der Waals surface area (Å²) in [6.45, 7) is 0.533. The van der Waals surface area contributed by atoms with Crippen LogP contribution in [0.3, 0.4) is 0 Å². The van der Waals surface area contributed by atoms with Gasteiger partial charge in [-0.3, -0.25) is 9.48 Å². The number of aromatic nitrogens is 3. The topological polar surface area (TPSA) is 85.8 Å². The van der Waals surface area contributed by atoms with Crippen LogP contribution in [0.15, 0.2) is 30.6 Å². The standard InChI is InChI=1S/C13H17N5O/c1-18-9-16-12(17-18)5-6-15-13(19)8-10-3-2-4-11(14)7-10/h2-4,7,9H,5-6,8,14H2,1H3,(H,15,19). The molecule has 0 aliphatic heterocycles. The molecule has 1 heterocycles. The van der Waals surface area contributed by atoms with E-state index >= 15 is 0 Å². The molecular weight excluding hydrogens is 242 g/mol. The lowest BCUT2D eigenvalue weighted by Crippen LogP contribution is -2.27. The number of amides is 1. The van der Waals surface area contributed by atoms with E-state index in [1.807, 2.05) is 19.2 Å². The number of hydrogen-bond donors (Lipinski definition) is 2. The largest absolute Gasteiger partial charge is 0.399 e. The van der Waals surface area contributed by atoms with E-state index < -0.39 is 0 Å². The maximum atomic E-state index is 11.7. The highest BCUT2D eigenvalue weighted by Crippen LogP contribution is 2.06. The molecule has 0 saturated heterocycles. The Morgan fingerprint density at radius 2 is 2.32 bits per heavy atom. The summed E-state index contributed by atoms with van der Waals surface area (Å²) in [6.07, 6.45) is 2.61. The molecular formula is C13H17N5O. The number of hydrogen-bond acceptors (Lipinski definition) is 4. The van der Waals surface area contributed by atoms with Gasteiger partial charge in [0, 0.05) is 25.7 Å². The summed E-state index contributed by atoms with van der Waals surface area (Å²) < 4.78 is 1.64. The Labute approximate surface area is 111 Å². The molecule has 0 bridgehead atoms. The predicted molar refractivity (Wildman–Crippen MR) is 72.3 cm³/mol. The zero-order valence-corrected chi connectivity index (χ0v) is 10.8. The molecule has 0 radical (unpaired) electrons. The second-order valence-corrected chi connectivity index (χ2v) is 4.36. The van der Waals surface area contributed by atoms with Gasteiger partial charge in [0.1, 0.15) is 6.33 Å². The molecule has 0 aliphatic carbocycles. The average molecular weight is 259 g/mol. The maximum Gasteiger partial charge on any atom is 0.224 e. The second-order valence-electron chi connectivity index (χ2n) is 4.36. The second kappa shape index (κ2) is 5.99. The molecule has 0 aliphatic rings. The smallest absolute Gasteiger partial charge is 0.224 e. The van der Waals surface area contributed by atoms with Gasteiger partial charge in [-0.1, -0.05) is 12.1 Å². The van der Waals surface area contributed by atoms with Crippen molar-refractivity contribution in [1.82, 2.24) is 20.1 Å². The minimum Gasteiger partial charge on any atom is -0.399 e. The average Bonchev–Trinajstić information content (AvgIpc) is 2.75. The van der Waals surface area contributed by atoms with Crippen molar-refractivity contribution in [3.63, 3.8) is 0 Å². The summed E-state index contributed by atoms with van der Waals surface area (Å²) in [5, 5.41) is 6.98. The van der Waals surface area contributed by atoms with Crippen molar-refractivity contribution >= 4 is 11.6 Å². The summed E-state index contributed by atoms with van der Waals surface area (Å²) in [7, 11) is 1.81. The van der Waals surface area contributed by atoms with Gasteiger partial charge in [0.25, 0.3) is 0 Å². The number of anilines is 1. The number of nitrogens with two attached hydrogens (primary N) is 1. The van der Waals surface area contributed by atoms with Crippen molar-refractivity contribution in [3.05, 3.63) is 42.0 Å². The Hall–Kier alpha value is -2.37. The fourth-order valence-electron chi connectivity index (χ4n) is 1.76. The Morgan fingerprint density at radius 3 is 3.00 bits per heavy atom. The molecule has 0 saturated carbocycles. The van der Waals surface area contributed by atoms with Crippen molar-refractivity contribution in [1.29, 1.82) is 0 Å². The maximum absolute atomic E-state index is 11.7. The van der Waals surface area contributed by atoms with Gasteiger partial charge in [0.15, 0.2) is 5.82 Å². The minimum absolute atomic E-state index is 0.0264. The lowest BCUT2D eigenvalue weighted by Gasteiger charge is -2.04. The van der Waals surface area contributed by atoms with Gasteiger partial charge >= 0.3 is 0 Å². The third-order valence-electron chi connectivity index (χ3n) is 2.63. The van der Waals surface area contributed by atoms with Gasteiger partial charge in [-0.15, -0.1) is 0 Å². The molecule has 0 atom stereocenters. The highest BCUT2D eigenvalue weighted by atomic mass is 16.1. The van der Waals surface area contributed by atoms with Crippen LogP contribution in [-0.2, 0) is 24.7 Å².